The minimum absolute atomic E-state index is 0.661. The average Bonchev–Trinajstić information content (AvgIpc) is 3.09. The van der Waals surface area contributed by atoms with Gasteiger partial charge in [0, 0.05) is 22.1 Å². The summed E-state index contributed by atoms with van der Waals surface area (Å²) in [7, 11) is 0. The van der Waals surface area contributed by atoms with E-state index in [1.807, 2.05) is 23.7 Å². The molecule has 0 atom stereocenters. The summed E-state index contributed by atoms with van der Waals surface area (Å²) < 4.78 is 2.79. The highest BCUT2D eigenvalue weighted by atomic mass is 79.9. The molecule has 4 nitrogen and oxygen atoms in total. The molecule has 1 saturated carbocycles. The van der Waals surface area contributed by atoms with Crippen LogP contribution in [0.15, 0.2) is 22.8 Å². The molecule has 1 aromatic carbocycles. The van der Waals surface area contributed by atoms with Crippen molar-refractivity contribution >= 4 is 27.5 Å². The lowest BCUT2D eigenvalue weighted by Gasteiger charge is -2.10. The molecule has 0 aliphatic heterocycles. The average molecular weight is 342 g/mol. The van der Waals surface area contributed by atoms with Crippen molar-refractivity contribution in [2.45, 2.75) is 32.4 Å². The minimum atomic E-state index is 0.661. The highest BCUT2D eigenvalue weighted by Crippen LogP contribution is 2.28. The van der Waals surface area contributed by atoms with Gasteiger partial charge in [-0.3, -0.25) is 0 Å². The number of benzene rings is 1. The van der Waals surface area contributed by atoms with Gasteiger partial charge in [0.2, 0.25) is 0 Å². The third-order valence-corrected chi connectivity index (χ3v) is 4.27. The van der Waals surface area contributed by atoms with Crippen LogP contribution in [0.4, 0.5) is 0 Å². The lowest BCUT2D eigenvalue weighted by Crippen LogP contribution is -2.18. The largest absolute Gasteiger partial charge is 0.308 e. The summed E-state index contributed by atoms with van der Waals surface area (Å²) in [5.74, 6) is 0. The Hall–Kier alpha value is -0.910. The number of hydrogen-bond acceptors (Lipinski definition) is 3. The zero-order valence-electron chi connectivity index (χ0n) is 10.5. The first-order chi connectivity index (χ1) is 9.15. The molecule has 0 saturated heterocycles. The van der Waals surface area contributed by atoms with Crippen LogP contribution in [0.5, 0.6) is 0 Å². The van der Waals surface area contributed by atoms with Gasteiger partial charge in [-0.05, 0) is 53.4 Å². The fraction of sp³-hybridized carbons (Fsp3) is 0.385. The Bertz CT molecular complexity index is 607. The monoisotopic (exact) mass is 340 g/mol. The van der Waals surface area contributed by atoms with Gasteiger partial charge in [0.25, 0.3) is 0 Å². The number of aromatic nitrogens is 3. The van der Waals surface area contributed by atoms with Gasteiger partial charge >= 0.3 is 0 Å². The van der Waals surface area contributed by atoms with Crippen LogP contribution in [0.25, 0.3) is 5.69 Å². The van der Waals surface area contributed by atoms with E-state index >= 15 is 0 Å². The molecular formula is C13H14BrClN4. The van der Waals surface area contributed by atoms with E-state index in [1.54, 1.807) is 6.20 Å². The summed E-state index contributed by atoms with van der Waals surface area (Å²) >= 11 is 9.76. The predicted molar refractivity (Wildman–Crippen MR) is 78.7 cm³/mol. The van der Waals surface area contributed by atoms with E-state index in [-0.39, 0.29) is 0 Å². The molecule has 1 aliphatic carbocycles. The Morgan fingerprint density at radius 1 is 1.47 bits per heavy atom. The molecular weight excluding hydrogens is 328 g/mol. The normalized spacial score (nSPS) is 14.9. The molecule has 1 heterocycles. The first-order valence-electron chi connectivity index (χ1n) is 6.24. The molecule has 1 N–H and O–H groups in total. The summed E-state index contributed by atoms with van der Waals surface area (Å²) in [5, 5.41) is 12.4. The fourth-order valence-corrected chi connectivity index (χ4v) is 2.70. The van der Waals surface area contributed by atoms with Crippen molar-refractivity contribution in [3.8, 4) is 5.69 Å². The number of hydrogen-bond donors (Lipinski definition) is 1. The van der Waals surface area contributed by atoms with Crippen molar-refractivity contribution < 1.29 is 0 Å². The van der Waals surface area contributed by atoms with Gasteiger partial charge in [-0.1, -0.05) is 16.8 Å². The lowest BCUT2D eigenvalue weighted by molar-refractivity contribution is 0.646. The molecule has 6 heteroatoms. The molecule has 1 fully saturated rings. The fourth-order valence-electron chi connectivity index (χ4n) is 1.91. The third-order valence-electron chi connectivity index (χ3n) is 3.23. The number of halogens is 2. The molecule has 0 unspecified atom stereocenters. The Balaban J connectivity index is 1.92. The summed E-state index contributed by atoms with van der Waals surface area (Å²) in [6.45, 7) is 2.75. The summed E-state index contributed by atoms with van der Waals surface area (Å²) in [5.41, 5.74) is 2.99. The van der Waals surface area contributed by atoms with Crippen LogP contribution in [0.2, 0.25) is 5.02 Å². The predicted octanol–water partition coefficient (Wildman–Crippen LogP) is 3.24. The van der Waals surface area contributed by atoms with Gasteiger partial charge in [0.05, 0.1) is 17.6 Å². The first-order valence-corrected chi connectivity index (χ1v) is 7.41. The van der Waals surface area contributed by atoms with Crippen LogP contribution in [-0.2, 0) is 6.54 Å². The smallest absolute Gasteiger partial charge is 0.0824 e. The second-order valence-electron chi connectivity index (χ2n) is 4.85. The van der Waals surface area contributed by atoms with Gasteiger partial charge in [-0.25, -0.2) is 4.68 Å². The molecule has 2 aromatic rings. The first kappa shape index (κ1) is 13.1. The molecule has 0 radical (unpaired) electrons. The van der Waals surface area contributed by atoms with Gasteiger partial charge in [0.15, 0.2) is 0 Å². The van der Waals surface area contributed by atoms with Crippen molar-refractivity contribution in [1.29, 1.82) is 0 Å². The number of aryl methyl sites for hydroxylation is 1. The lowest BCUT2D eigenvalue weighted by atomic mass is 10.2. The minimum Gasteiger partial charge on any atom is -0.308 e. The molecule has 19 heavy (non-hydrogen) atoms. The third kappa shape index (κ3) is 2.83. The van der Waals surface area contributed by atoms with Crippen molar-refractivity contribution in [3.05, 3.63) is 39.1 Å². The molecule has 0 bridgehead atoms. The SMILES string of the molecule is Cc1cc(Br)c(-n2nncc2CNC2CC2)cc1Cl. The van der Waals surface area contributed by atoms with Crippen molar-refractivity contribution in [2.75, 3.05) is 0 Å². The van der Waals surface area contributed by atoms with Gasteiger partial charge in [-0.2, -0.15) is 0 Å². The van der Waals surface area contributed by atoms with E-state index in [9.17, 15) is 0 Å². The maximum Gasteiger partial charge on any atom is 0.0824 e. The molecule has 100 valence electrons. The van der Waals surface area contributed by atoms with Crippen LogP contribution >= 0.6 is 27.5 Å². The number of rotatable bonds is 4. The maximum absolute atomic E-state index is 6.19. The molecule has 0 amide bonds. The van der Waals surface area contributed by atoms with E-state index in [1.165, 1.54) is 12.8 Å². The molecule has 1 aromatic heterocycles. The molecule has 1 aliphatic rings. The van der Waals surface area contributed by atoms with E-state index in [0.29, 0.717) is 6.04 Å². The Kier molecular flexibility index (Phi) is 3.60. The second kappa shape index (κ2) is 5.23. The summed E-state index contributed by atoms with van der Waals surface area (Å²) in [4.78, 5) is 0. The van der Waals surface area contributed by atoms with Crippen molar-refractivity contribution in [2.24, 2.45) is 0 Å². The standard InChI is InChI=1S/C13H14BrClN4/c1-8-4-11(14)13(5-12(8)15)19-10(7-17-18-19)6-16-9-2-3-9/h4-5,7,9,16H,2-3,6H2,1H3. The maximum atomic E-state index is 6.19. The summed E-state index contributed by atoms with van der Waals surface area (Å²) in [6, 6.07) is 4.57. The summed E-state index contributed by atoms with van der Waals surface area (Å²) in [6.07, 6.45) is 4.32. The van der Waals surface area contributed by atoms with Crippen LogP contribution in [0, 0.1) is 6.92 Å². The zero-order valence-corrected chi connectivity index (χ0v) is 12.9. The highest BCUT2D eigenvalue weighted by molar-refractivity contribution is 9.10. The van der Waals surface area contributed by atoms with Crippen molar-refractivity contribution in [3.63, 3.8) is 0 Å². The highest BCUT2D eigenvalue weighted by Gasteiger charge is 2.21. The molecule has 3 rings (SSSR count). The van der Waals surface area contributed by atoms with E-state index < -0.39 is 0 Å². The van der Waals surface area contributed by atoms with Crippen LogP contribution in [0.1, 0.15) is 24.1 Å². The van der Waals surface area contributed by atoms with Gasteiger partial charge in [-0.15, -0.1) is 5.10 Å². The van der Waals surface area contributed by atoms with E-state index in [0.717, 1.165) is 33.0 Å². The molecule has 0 spiro atoms. The number of nitrogens with zero attached hydrogens (tertiary/aromatic N) is 3. The number of nitrogens with one attached hydrogen (secondary N) is 1. The zero-order chi connectivity index (χ0) is 13.4. The van der Waals surface area contributed by atoms with Crippen molar-refractivity contribution in [1.82, 2.24) is 20.3 Å². The van der Waals surface area contributed by atoms with E-state index in [2.05, 4.69) is 31.6 Å². The van der Waals surface area contributed by atoms with Crippen LogP contribution in [-0.4, -0.2) is 21.0 Å². The van der Waals surface area contributed by atoms with Crippen LogP contribution in [0.3, 0.4) is 0 Å². The van der Waals surface area contributed by atoms with E-state index in [4.69, 9.17) is 11.6 Å². The topological polar surface area (TPSA) is 42.7 Å². The second-order valence-corrected chi connectivity index (χ2v) is 6.11. The Labute approximate surface area is 125 Å². The van der Waals surface area contributed by atoms with Gasteiger partial charge in [0.1, 0.15) is 0 Å². The Morgan fingerprint density at radius 2 is 2.26 bits per heavy atom. The quantitative estimate of drug-likeness (QED) is 0.928. The van der Waals surface area contributed by atoms with Gasteiger partial charge < -0.3 is 5.32 Å². The van der Waals surface area contributed by atoms with Crippen LogP contribution < -0.4 is 5.32 Å². The Morgan fingerprint density at radius 3 is 3.00 bits per heavy atom.